The fourth-order valence-corrected chi connectivity index (χ4v) is 3.74. The number of benzene rings is 1. The summed E-state index contributed by atoms with van der Waals surface area (Å²) in [5.74, 6) is -1.19. The van der Waals surface area contributed by atoms with Crippen molar-refractivity contribution < 1.29 is 23.1 Å². The largest absolute Gasteiger partial charge is 0.373 e. The molecule has 0 aliphatic carbocycles. The standard InChI is InChI=1S/C22H26F2N4O3/c1-13(29)28-18-11-19(31-20(12-18)15-7-16(23)10-17(24)8-15)4-6-27-22(30)14-3-5-26-21(9-14)25-2/h3,5,7-10,18-20H,4,6,11-12H2,1-2H3,(H,25,26)(H,27,30)(H,28,29)/t18-,19+,20+/m0/s1. The highest BCUT2D eigenvalue weighted by atomic mass is 19.1. The van der Waals surface area contributed by atoms with E-state index in [1.165, 1.54) is 19.1 Å². The van der Waals surface area contributed by atoms with E-state index in [4.69, 9.17) is 4.74 Å². The number of ether oxygens (including phenoxy) is 1. The monoisotopic (exact) mass is 432 g/mol. The van der Waals surface area contributed by atoms with Crippen molar-refractivity contribution in [1.29, 1.82) is 0 Å². The zero-order valence-electron chi connectivity index (χ0n) is 17.5. The maximum Gasteiger partial charge on any atom is 0.251 e. The summed E-state index contributed by atoms with van der Waals surface area (Å²) in [5.41, 5.74) is 0.867. The van der Waals surface area contributed by atoms with Crippen LogP contribution in [0.3, 0.4) is 0 Å². The lowest BCUT2D eigenvalue weighted by molar-refractivity contribution is -0.122. The third-order valence-corrected chi connectivity index (χ3v) is 5.10. The molecule has 3 N–H and O–H groups in total. The molecule has 3 rings (SSSR count). The van der Waals surface area contributed by atoms with E-state index < -0.39 is 17.7 Å². The number of carbonyl (C=O) groups is 2. The van der Waals surface area contributed by atoms with Crippen molar-refractivity contribution in [3.05, 3.63) is 59.3 Å². The molecule has 31 heavy (non-hydrogen) atoms. The average Bonchev–Trinajstić information content (AvgIpc) is 2.72. The molecular weight excluding hydrogens is 406 g/mol. The first-order valence-electron chi connectivity index (χ1n) is 10.1. The molecule has 0 radical (unpaired) electrons. The summed E-state index contributed by atoms with van der Waals surface area (Å²) >= 11 is 0. The van der Waals surface area contributed by atoms with Crippen LogP contribution in [-0.2, 0) is 9.53 Å². The number of hydrogen-bond donors (Lipinski definition) is 3. The molecule has 2 amide bonds. The van der Waals surface area contributed by atoms with E-state index in [0.717, 1.165) is 6.07 Å². The molecule has 0 bridgehead atoms. The van der Waals surface area contributed by atoms with Crippen molar-refractivity contribution in [2.75, 3.05) is 18.9 Å². The van der Waals surface area contributed by atoms with Crippen LogP contribution in [0.2, 0.25) is 0 Å². The smallest absolute Gasteiger partial charge is 0.251 e. The Morgan fingerprint density at radius 1 is 1.16 bits per heavy atom. The van der Waals surface area contributed by atoms with Gasteiger partial charge in [-0.3, -0.25) is 9.59 Å². The molecule has 0 saturated carbocycles. The molecule has 7 nitrogen and oxygen atoms in total. The topological polar surface area (TPSA) is 92.4 Å². The molecule has 1 aliphatic heterocycles. The second-order valence-corrected chi connectivity index (χ2v) is 7.54. The third-order valence-electron chi connectivity index (χ3n) is 5.10. The van der Waals surface area contributed by atoms with Gasteiger partial charge in [0.25, 0.3) is 5.91 Å². The predicted molar refractivity (Wildman–Crippen MR) is 112 cm³/mol. The third kappa shape index (κ3) is 6.45. The molecule has 1 saturated heterocycles. The van der Waals surface area contributed by atoms with Crippen LogP contribution in [0, 0.1) is 11.6 Å². The zero-order valence-corrected chi connectivity index (χ0v) is 17.5. The highest BCUT2D eigenvalue weighted by Crippen LogP contribution is 2.33. The molecule has 0 unspecified atom stereocenters. The van der Waals surface area contributed by atoms with Gasteiger partial charge in [0.1, 0.15) is 17.5 Å². The van der Waals surface area contributed by atoms with Crippen LogP contribution < -0.4 is 16.0 Å². The van der Waals surface area contributed by atoms with Gasteiger partial charge in [-0.25, -0.2) is 13.8 Å². The van der Waals surface area contributed by atoms with Crippen molar-refractivity contribution in [2.45, 2.75) is 44.4 Å². The second kappa shape index (κ2) is 10.3. The van der Waals surface area contributed by atoms with E-state index in [9.17, 15) is 18.4 Å². The van der Waals surface area contributed by atoms with Crippen molar-refractivity contribution in [3.63, 3.8) is 0 Å². The fourth-order valence-electron chi connectivity index (χ4n) is 3.74. The van der Waals surface area contributed by atoms with Crippen LogP contribution in [0.25, 0.3) is 0 Å². The Morgan fingerprint density at radius 3 is 2.58 bits per heavy atom. The van der Waals surface area contributed by atoms with E-state index >= 15 is 0 Å². The van der Waals surface area contributed by atoms with Crippen LogP contribution in [0.4, 0.5) is 14.6 Å². The number of carbonyl (C=O) groups excluding carboxylic acids is 2. The number of anilines is 1. The Labute approximate surface area is 179 Å². The summed E-state index contributed by atoms with van der Waals surface area (Å²) in [6, 6.07) is 6.37. The lowest BCUT2D eigenvalue weighted by atomic mass is 9.92. The Bertz CT molecular complexity index is 920. The highest BCUT2D eigenvalue weighted by molar-refractivity contribution is 5.94. The van der Waals surface area contributed by atoms with Crippen molar-refractivity contribution >= 4 is 17.6 Å². The fraction of sp³-hybridized carbons (Fsp3) is 0.409. The summed E-state index contributed by atoms with van der Waals surface area (Å²) in [6.07, 6.45) is 2.13. The van der Waals surface area contributed by atoms with Crippen LogP contribution in [0.15, 0.2) is 36.5 Å². The molecule has 2 heterocycles. The Kier molecular flexibility index (Phi) is 7.51. The van der Waals surface area contributed by atoms with E-state index in [1.54, 1.807) is 25.4 Å². The van der Waals surface area contributed by atoms with E-state index in [-0.39, 0.29) is 24.0 Å². The number of hydrogen-bond acceptors (Lipinski definition) is 5. The quantitative estimate of drug-likeness (QED) is 0.626. The normalized spacial score (nSPS) is 20.7. The van der Waals surface area contributed by atoms with Gasteiger partial charge in [0, 0.05) is 44.4 Å². The molecule has 1 aromatic heterocycles. The van der Waals surface area contributed by atoms with Crippen LogP contribution in [0.1, 0.15) is 48.2 Å². The van der Waals surface area contributed by atoms with Crippen molar-refractivity contribution in [2.24, 2.45) is 0 Å². The predicted octanol–water partition coefficient (Wildman–Crippen LogP) is 2.95. The minimum absolute atomic E-state index is 0.179. The van der Waals surface area contributed by atoms with Crippen LogP contribution in [-0.4, -0.2) is 42.5 Å². The number of rotatable bonds is 7. The Morgan fingerprint density at radius 2 is 1.90 bits per heavy atom. The van der Waals surface area contributed by atoms with Crippen molar-refractivity contribution in [1.82, 2.24) is 15.6 Å². The Balaban J connectivity index is 1.63. The number of amides is 2. The Hall–Kier alpha value is -3.07. The van der Waals surface area contributed by atoms with Gasteiger partial charge in [0.2, 0.25) is 5.91 Å². The van der Waals surface area contributed by atoms with E-state index in [2.05, 4.69) is 20.9 Å². The number of halogens is 2. The molecule has 1 fully saturated rings. The summed E-state index contributed by atoms with van der Waals surface area (Å²) in [5, 5.41) is 8.59. The van der Waals surface area contributed by atoms with Crippen LogP contribution >= 0.6 is 0 Å². The van der Waals surface area contributed by atoms with E-state index in [0.29, 0.717) is 42.8 Å². The average molecular weight is 432 g/mol. The van der Waals surface area contributed by atoms with Gasteiger partial charge in [0.15, 0.2) is 0 Å². The lowest BCUT2D eigenvalue weighted by Crippen LogP contribution is -2.43. The highest BCUT2D eigenvalue weighted by Gasteiger charge is 2.31. The van der Waals surface area contributed by atoms with Gasteiger partial charge < -0.3 is 20.7 Å². The van der Waals surface area contributed by atoms with Gasteiger partial charge in [-0.15, -0.1) is 0 Å². The molecule has 9 heteroatoms. The maximum absolute atomic E-state index is 13.7. The second-order valence-electron chi connectivity index (χ2n) is 7.54. The number of nitrogens with one attached hydrogen (secondary N) is 3. The SMILES string of the molecule is CNc1cc(C(=O)NCC[C@@H]2C[C@H](NC(C)=O)C[C@H](c3cc(F)cc(F)c3)O2)ccn1. The minimum atomic E-state index is -0.678. The van der Waals surface area contributed by atoms with Gasteiger partial charge in [-0.1, -0.05) is 0 Å². The van der Waals surface area contributed by atoms with Gasteiger partial charge >= 0.3 is 0 Å². The van der Waals surface area contributed by atoms with Gasteiger partial charge in [-0.2, -0.15) is 0 Å². The lowest BCUT2D eigenvalue weighted by Gasteiger charge is -2.36. The molecular formula is C22H26F2N4O3. The summed E-state index contributed by atoms with van der Waals surface area (Å²) in [7, 11) is 1.72. The molecule has 1 aliphatic rings. The number of aromatic nitrogens is 1. The summed E-state index contributed by atoms with van der Waals surface area (Å²) in [4.78, 5) is 28.0. The molecule has 2 aromatic rings. The zero-order chi connectivity index (χ0) is 22.4. The summed E-state index contributed by atoms with van der Waals surface area (Å²) in [6.45, 7) is 1.77. The molecule has 1 aromatic carbocycles. The maximum atomic E-state index is 13.7. The van der Waals surface area contributed by atoms with Gasteiger partial charge in [-0.05, 0) is 49.1 Å². The number of nitrogens with zero attached hydrogens (tertiary/aromatic N) is 1. The molecule has 3 atom stereocenters. The van der Waals surface area contributed by atoms with Gasteiger partial charge in [0.05, 0.1) is 12.2 Å². The summed E-state index contributed by atoms with van der Waals surface area (Å²) < 4.78 is 33.4. The minimum Gasteiger partial charge on any atom is -0.373 e. The molecule has 166 valence electrons. The number of pyridine rings is 1. The van der Waals surface area contributed by atoms with Crippen molar-refractivity contribution in [3.8, 4) is 0 Å². The first-order chi connectivity index (χ1) is 14.8. The van der Waals surface area contributed by atoms with Crippen LogP contribution in [0.5, 0.6) is 0 Å². The first kappa shape index (κ1) is 22.6. The molecule has 0 spiro atoms. The first-order valence-corrected chi connectivity index (χ1v) is 10.1. The van der Waals surface area contributed by atoms with E-state index in [1.807, 2.05) is 0 Å².